The van der Waals surface area contributed by atoms with Crippen LogP contribution in [-0.4, -0.2) is 42.9 Å². The molecule has 0 aromatic heterocycles. The summed E-state index contributed by atoms with van der Waals surface area (Å²) in [6.07, 6.45) is 2.20. The largest absolute Gasteiger partial charge is 0.315 e. The molecule has 1 rings (SSSR count). The van der Waals surface area contributed by atoms with Crippen molar-refractivity contribution in [2.75, 3.05) is 24.8 Å². The molecule has 1 aliphatic rings. The van der Waals surface area contributed by atoms with Crippen molar-refractivity contribution in [3.63, 3.8) is 0 Å². The lowest BCUT2D eigenvalue weighted by atomic mass is 10.3. The second-order valence-electron chi connectivity index (χ2n) is 2.21. The molecule has 0 aromatic carbocycles. The summed E-state index contributed by atoms with van der Waals surface area (Å²) in [6.45, 7) is 2.00. The minimum absolute atomic E-state index is 0.755. The summed E-state index contributed by atoms with van der Waals surface area (Å²) in [4.78, 5) is 8.00. The smallest absolute Gasteiger partial charge is 0.106 e. The zero-order valence-electron chi connectivity index (χ0n) is 7.00. The first-order chi connectivity index (χ1) is 5.38. The SMILES string of the molecule is C=O.CNC1CSCC1SC. The molecule has 1 saturated heterocycles. The van der Waals surface area contributed by atoms with Gasteiger partial charge in [0.1, 0.15) is 6.79 Å². The Balaban J connectivity index is 0.000000461. The van der Waals surface area contributed by atoms with Crippen LogP contribution in [0.25, 0.3) is 0 Å². The third-order valence-electron chi connectivity index (χ3n) is 1.70. The Morgan fingerprint density at radius 3 is 2.55 bits per heavy atom. The third kappa shape index (κ3) is 3.49. The molecule has 0 saturated carbocycles. The van der Waals surface area contributed by atoms with E-state index in [-0.39, 0.29) is 0 Å². The molecule has 66 valence electrons. The Bertz CT molecular complexity index is 92.4. The molecule has 1 N–H and O–H groups in total. The first kappa shape index (κ1) is 11.3. The zero-order chi connectivity index (χ0) is 8.69. The van der Waals surface area contributed by atoms with E-state index < -0.39 is 0 Å². The first-order valence-corrected chi connectivity index (χ1v) is 5.89. The number of carbonyl (C=O) groups excluding carboxylic acids is 1. The molecule has 0 amide bonds. The van der Waals surface area contributed by atoms with E-state index in [2.05, 4.69) is 30.4 Å². The fourth-order valence-electron chi connectivity index (χ4n) is 1.04. The summed E-state index contributed by atoms with van der Waals surface area (Å²) < 4.78 is 0. The lowest BCUT2D eigenvalue weighted by Gasteiger charge is -2.14. The van der Waals surface area contributed by atoms with Gasteiger partial charge in [-0.25, -0.2) is 0 Å². The van der Waals surface area contributed by atoms with Crippen LogP contribution in [0.15, 0.2) is 0 Å². The van der Waals surface area contributed by atoms with Gasteiger partial charge in [0, 0.05) is 22.8 Å². The van der Waals surface area contributed by atoms with Crippen LogP contribution < -0.4 is 5.32 Å². The molecule has 2 unspecified atom stereocenters. The van der Waals surface area contributed by atoms with Crippen LogP contribution in [0, 0.1) is 0 Å². The van der Waals surface area contributed by atoms with Crippen LogP contribution in [-0.2, 0) is 4.79 Å². The topological polar surface area (TPSA) is 29.1 Å². The highest BCUT2D eigenvalue weighted by molar-refractivity contribution is 8.03. The molecule has 1 aliphatic heterocycles. The Morgan fingerprint density at radius 2 is 2.18 bits per heavy atom. The van der Waals surface area contributed by atoms with E-state index in [0.717, 1.165) is 11.3 Å². The maximum absolute atomic E-state index is 8.00. The summed E-state index contributed by atoms with van der Waals surface area (Å²) in [5, 5.41) is 4.17. The van der Waals surface area contributed by atoms with E-state index in [9.17, 15) is 0 Å². The normalized spacial score (nSPS) is 29.3. The van der Waals surface area contributed by atoms with Gasteiger partial charge in [-0.15, -0.1) is 0 Å². The Morgan fingerprint density at radius 1 is 1.55 bits per heavy atom. The highest BCUT2D eigenvalue weighted by Crippen LogP contribution is 2.26. The van der Waals surface area contributed by atoms with Crippen LogP contribution in [0.1, 0.15) is 0 Å². The van der Waals surface area contributed by atoms with Crippen LogP contribution in [0.4, 0.5) is 0 Å². The molecule has 0 spiro atoms. The Hall–Kier alpha value is 0.330. The van der Waals surface area contributed by atoms with Crippen molar-refractivity contribution in [2.45, 2.75) is 11.3 Å². The van der Waals surface area contributed by atoms with Gasteiger partial charge in [0.05, 0.1) is 0 Å². The Kier molecular flexibility index (Phi) is 7.22. The minimum atomic E-state index is 0.755. The van der Waals surface area contributed by atoms with Gasteiger partial charge in [0.15, 0.2) is 0 Å². The predicted molar refractivity (Wildman–Crippen MR) is 54.6 cm³/mol. The summed E-state index contributed by atoms with van der Waals surface area (Å²) in [5.41, 5.74) is 0. The predicted octanol–water partition coefficient (Wildman–Crippen LogP) is 0.868. The van der Waals surface area contributed by atoms with Crippen molar-refractivity contribution in [1.29, 1.82) is 0 Å². The average Bonchev–Trinajstić information content (AvgIpc) is 2.54. The van der Waals surface area contributed by atoms with Crippen molar-refractivity contribution < 1.29 is 4.79 Å². The van der Waals surface area contributed by atoms with E-state index in [1.807, 2.05) is 18.6 Å². The molecule has 0 bridgehead atoms. The van der Waals surface area contributed by atoms with Crippen LogP contribution in [0.2, 0.25) is 0 Å². The number of nitrogens with one attached hydrogen (secondary N) is 1. The Labute approximate surface area is 76.9 Å². The highest BCUT2D eigenvalue weighted by Gasteiger charge is 2.24. The van der Waals surface area contributed by atoms with Gasteiger partial charge in [0.2, 0.25) is 0 Å². The van der Waals surface area contributed by atoms with Crippen molar-refractivity contribution >= 4 is 30.3 Å². The van der Waals surface area contributed by atoms with Gasteiger partial charge >= 0.3 is 0 Å². The number of thioether (sulfide) groups is 2. The molecule has 0 aliphatic carbocycles. The molecule has 11 heavy (non-hydrogen) atoms. The number of rotatable bonds is 2. The molecule has 2 atom stereocenters. The first-order valence-electron chi connectivity index (χ1n) is 3.45. The van der Waals surface area contributed by atoms with E-state index >= 15 is 0 Å². The van der Waals surface area contributed by atoms with Gasteiger partial charge in [0.25, 0.3) is 0 Å². The second-order valence-corrected chi connectivity index (χ2v) is 4.36. The van der Waals surface area contributed by atoms with Crippen molar-refractivity contribution in [3.8, 4) is 0 Å². The van der Waals surface area contributed by atoms with Crippen LogP contribution in [0.5, 0.6) is 0 Å². The zero-order valence-corrected chi connectivity index (χ0v) is 8.63. The van der Waals surface area contributed by atoms with E-state index in [1.54, 1.807) is 0 Å². The minimum Gasteiger partial charge on any atom is -0.315 e. The van der Waals surface area contributed by atoms with Crippen molar-refractivity contribution in [2.24, 2.45) is 0 Å². The maximum Gasteiger partial charge on any atom is 0.106 e. The summed E-state index contributed by atoms with van der Waals surface area (Å²) in [7, 11) is 2.06. The lowest BCUT2D eigenvalue weighted by Crippen LogP contribution is -2.33. The number of carbonyl (C=O) groups is 1. The summed E-state index contributed by atoms with van der Waals surface area (Å²) in [6, 6.07) is 0.755. The van der Waals surface area contributed by atoms with Gasteiger partial charge in [-0.1, -0.05) is 0 Å². The summed E-state index contributed by atoms with van der Waals surface area (Å²) >= 11 is 4.04. The maximum atomic E-state index is 8.00. The molecule has 4 heteroatoms. The third-order valence-corrected chi connectivity index (χ3v) is 4.20. The lowest BCUT2D eigenvalue weighted by molar-refractivity contribution is -0.0979. The summed E-state index contributed by atoms with van der Waals surface area (Å²) in [5.74, 6) is 2.62. The van der Waals surface area contributed by atoms with Gasteiger partial charge in [-0.2, -0.15) is 23.5 Å². The molecular formula is C7H15NOS2. The molecule has 1 fully saturated rings. The molecule has 0 aromatic rings. The van der Waals surface area contributed by atoms with E-state index in [0.29, 0.717) is 0 Å². The fourth-order valence-corrected chi connectivity index (χ4v) is 3.81. The van der Waals surface area contributed by atoms with Gasteiger partial charge in [-0.05, 0) is 13.3 Å². The molecule has 0 radical (unpaired) electrons. The van der Waals surface area contributed by atoms with E-state index in [4.69, 9.17) is 4.79 Å². The van der Waals surface area contributed by atoms with Crippen LogP contribution in [0.3, 0.4) is 0 Å². The highest BCUT2D eigenvalue weighted by atomic mass is 32.2. The fraction of sp³-hybridized carbons (Fsp3) is 0.857. The monoisotopic (exact) mass is 193 g/mol. The van der Waals surface area contributed by atoms with Gasteiger partial charge in [-0.3, -0.25) is 0 Å². The average molecular weight is 193 g/mol. The number of hydrogen-bond donors (Lipinski definition) is 1. The standard InChI is InChI=1S/C6H13NS2.CH2O/c1-7-5-3-9-4-6(5)8-2;1-2/h5-7H,3-4H2,1-2H3;1H2. The number of hydrogen-bond acceptors (Lipinski definition) is 4. The molecule has 1 heterocycles. The molecule has 2 nitrogen and oxygen atoms in total. The van der Waals surface area contributed by atoms with Gasteiger partial charge < -0.3 is 10.1 Å². The quantitative estimate of drug-likeness (QED) is 0.704. The second kappa shape index (κ2) is 7.00. The van der Waals surface area contributed by atoms with Crippen molar-refractivity contribution in [1.82, 2.24) is 5.32 Å². The van der Waals surface area contributed by atoms with Crippen molar-refractivity contribution in [3.05, 3.63) is 0 Å². The van der Waals surface area contributed by atoms with Crippen LogP contribution >= 0.6 is 23.5 Å². The molecular weight excluding hydrogens is 178 g/mol. The van der Waals surface area contributed by atoms with E-state index in [1.165, 1.54) is 11.5 Å².